The van der Waals surface area contributed by atoms with Crippen LogP contribution >= 0.6 is 11.6 Å². The number of pyridine rings is 1. The van der Waals surface area contributed by atoms with E-state index in [2.05, 4.69) is 24.0 Å². The van der Waals surface area contributed by atoms with Crippen LogP contribution in [-0.4, -0.2) is 29.0 Å². The second-order valence-electron chi connectivity index (χ2n) is 6.87. The van der Waals surface area contributed by atoms with Crippen LogP contribution in [0.5, 0.6) is 0 Å². The van der Waals surface area contributed by atoms with E-state index in [0.29, 0.717) is 12.0 Å². The molecule has 0 radical (unpaired) electrons. The Kier molecular flexibility index (Phi) is 3.60. The van der Waals surface area contributed by atoms with Gasteiger partial charge in [-0.05, 0) is 43.2 Å². The molecule has 0 spiro atoms. The van der Waals surface area contributed by atoms with Gasteiger partial charge in [0.05, 0.1) is 16.2 Å². The lowest BCUT2D eigenvalue weighted by Crippen LogP contribution is -2.30. The number of nitrogens with zero attached hydrogens (tertiary/aromatic N) is 2. The minimum atomic E-state index is 0.386. The number of para-hydroxylation sites is 1. The average Bonchev–Trinajstić information content (AvgIpc) is 3.07. The Morgan fingerprint density at radius 3 is 2.91 bits per heavy atom. The first kappa shape index (κ1) is 14.4. The number of aromatic nitrogens is 1. The van der Waals surface area contributed by atoms with Crippen molar-refractivity contribution in [3.8, 4) is 0 Å². The van der Waals surface area contributed by atoms with Gasteiger partial charge in [0.2, 0.25) is 0 Å². The molecule has 1 saturated heterocycles. The Morgan fingerprint density at radius 1 is 1.27 bits per heavy atom. The molecule has 116 valence electrons. The van der Waals surface area contributed by atoms with E-state index in [0.717, 1.165) is 52.7 Å². The number of benzene rings is 1. The van der Waals surface area contributed by atoms with Crippen LogP contribution in [0.3, 0.4) is 0 Å². The number of hydrogen-bond donors (Lipinski definition) is 1. The van der Waals surface area contributed by atoms with E-state index in [9.17, 15) is 0 Å². The van der Waals surface area contributed by atoms with E-state index >= 15 is 0 Å². The van der Waals surface area contributed by atoms with Gasteiger partial charge in [-0.2, -0.15) is 0 Å². The van der Waals surface area contributed by atoms with E-state index in [4.69, 9.17) is 22.3 Å². The topological polar surface area (TPSA) is 42.1 Å². The van der Waals surface area contributed by atoms with Crippen LogP contribution in [0.4, 0.5) is 0 Å². The number of halogens is 1. The van der Waals surface area contributed by atoms with Gasteiger partial charge >= 0.3 is 0 Å². The maximum absolute atomic E-state index is 6.59. The molecule has 2 aliphatic rings. The fourth-order valence-corrected chi connectivity index (χ4v) is 4.47. The molecule has 0 bridgehead atoms. The van der Waals surface area contributed by atoms with Crippen LogP contribution in [0.2, 0.25) is 5.02 Å². The zero-order valence-corrected chi connectivity index (χ0v) is 13.7. The molecular formula is C18H22ClN3. The van der Waals surface area contributed by atoms with E-state index in [1.54, 1.807) is 0 Å². The van der Waals surface area contributed by atoms with Crippen LogP contribution in [0.1, 0.15) is 24.1 Å². The van der Waals surface area contributed by atoms with Crippen LogP contribution in [-0.2, 0) is 6.54 Å². The number of likely N-dealkylation sites (tertiary alicyclic amines) is 1. The molecule has 22 heavy (non-hydrogen) atoms. The molecule has 0 amide bonds. The molecule has 2 N–H and O–H groups in total. The molecular weight excluding hydrogens is 294 g/mol. The third-order valence-electron chi connectivity index (χ3n) is 5.51. The van der Waals surface area contributed by atoms with E-state index in [1.165, 1.54) is 12.8 Å². The minimum Gasteiger partial charge on any atom is -0.327 e. The molecule has 1 aromatic carbocycles. The van der Waals surface area contributed by atoms with E-state index in [-0.39, 0.29) is 0 Å². The molecule has 1 aliphatic carbocycles. The van der Waals surface area contributed by atoms with Gasteiger partial charge in [-0.3, -0.25) is 4.90 Å². The Hall–Kier alpha value is -1.16. The molecule has 3 unspecified atom stereocenters. The molecule has 4 heteroatoms. The molecule has 1 saturated carbocycles. The zero-order chi connectivity index (χ0) is 15.3. The first-order valence-electron chi connectivity index (χ1n) is 8.15. The normalized spacial score (nSPS) is 28.4. The minimum absolute atomic E-state index is 0.386. The Balaban J connectivity index is 1.61. The van der Waals surface area contributed by atoms with Gasteiger partial charge in [0, 0.05) is 31.1 Å². The van der Waals surface area contributed by atoms with Crippen molar-refractivity contribution >= 4 is 22.5 Å². The molecule has 3 atom stereocenters. The average molecular weight is 316 g/mol. The molecule has 3 nitrogen and oxygen atoms in total. The summed E-state index contributed by atoms with van der Waals surface area (Å²) in [5.74, 6) is 1.44. The highest BCUT2D eigenvalue weighted by atomic mass is 35.5. The van der Waals surface area contributed by atoms with Crippen molar-refractivity contribution in [3.63, 3.8) is 0 Å². The third kappa shape index (κ3) is 2.32. The highest BCUT2D eigenvalue weighted by Crippen LogP contribution is 2.38. The molecule has 1 aliphatic heterocycles. The predicted molar refractivity (Wildman–Crippen MR) is 91.0 cm³/mol. The zero-order valence-electron chi connectivity index (χ0n) is 12.9. The maximum atomic E-state index is 6.59. The lowest BCUT2D eigenvalue weighted by Gasteiger charge is -2.19. The van der Waals surface area contributed by atoms with E-state index in [1.807, 2.05) is 12.1 Å². The quantitative estimate of drug-likeness (QED) is 0.924. The van der Waals surface area contributed by atoms with Gasteiger partial charge in [0.15, 0.2) is 0 Å². The molecule has 2 aromatic rings. The van der Waals surface area contributed by atoms with E-state index < -0.39 is 0 Å². The van der Waals surface area contributed by atoms with Crippen LogP contribution in [0, 0.1) is 18.8 Å². The maximum Gasteiger partial charge on any atom is 0.0740 e. The summed E-state index contributed by atoms with van der Waals surface area (Å²) in [6.07, 6.45) is 2.47. The van der Waals surface area contributed by atoms with Gasteiger partial charge in [-0.15, -0.1) is 0 Å². The molecule has 2 fully saturated rings. The monoisotopic (exact) mass is 315 g/mol. The van der Waals surface area contributed by atoms with Crippen LogP contribution in [0.15, 0.2) is 24.3 Å². The Labute approximate surface area is 136 Å². The summed E-state index contributed by atoms with van der Waals surface area (Å²) >= 11 is 6.59. The lowest BCUT2D eigenvalue weighted by molar-refractivity contribution is 0.295. The summed E-state index contributed by atoms with van der Waals surface area (Å²) in [7, 11) is 0. The van der Waals surface area contributed by atoms with Crippen LogP contribution < -0.4 is 5.73 Å². The highest BCUT2D eigenvalue weighted by Gasteiger charge is 2.40. The van der Waals surface area contributed by atoms with Gasteiger partial charge in [0.1, 0.15) is 0 Å². The second kappa shape index (κ2) is 5.48. The van der Waals surface area contributed by atoms with Crippen molar-refractivity contribution in [2.24, 2.45) is 17.6 Å². The number of aryl methyl sites for hydroxylation is 1. The van der Waals surface area contributed by atoms with Crippen molar-refractivity contribution in [2.45, 2.75) is 32.4 Å². The third-order valence-corrected chi connectivity index (χ3v) is 6.01. The van der Waals surface area contributed by atoms with Gasteiger partial charge in [-0.1, -0.05) is 29.8 Å². The van der Waals surface area contributed by atoms with Crippen LogP contribution in [0.25, 0.3) is 10.9 Å². The summed E-state index contributed by atoms with van der Waals surface area (Å²) in [6, 6.07) is 8.61. The lowest BCUT2D eigenvalue weighted by atomic mass is 9.98. The molecule has 2 heterocycles. The van der Waals surface area contributed by atoms with Crippen molar-refractivity contribution in [1.29, 1.82) is 0 Å². The number of hydrogen-bond acceptors (Lipinski definition) is 3. The number of nitrogens with two attached hydrogens (primary N) is 1. The first-order chi connectivity index (χ1) is 10.6. The Bertz CT molecular complexity index is 715. The number of rotatable bonds is 2. The summed E-state index contributed by atoms with van der Waals surface area (Å²) < 4.78 is 0. The van der Waals surface area contributed by atoms with Gasteiger partial charge in [0.25, 0.3) is 0 Å². The first-order valence-corrected chi connectivity index (χ1v) is 8.53. The largest absolute Gasteiger partial charge is 0.327 e. The van der Waals surface area contributed by atoms with Crippen molar-refractivity contribution in [3.05, 3.63) is 40.5 Å². The number of fused-ring (bicyclic) bond motifs is 2. The summed E-state index contributed by atoms with van der Waals surface area (Å²) in [6.45, 7) is 5.16. The summed E-state index contributed by atoms with van der Waals surface area (Å²) in [5, 5.41) is 1.97. The standard InChI is InChI=1S/C18H22ClN3/c1-11-13-4-2-3-5-16(13)21-17(18(11)19)10-22-8-12-6-7-15(20)14(12)9-22/h2-5,12,14-15H,6-10,20H2,1H3. The smallest absolute Gasteiger partial charge is 0.0740 e. The van der Waals surface area contributed by atoms with Crippen molar-refractivity contribution < 1.29 is 0 Å². The van der Waals surface area contributed by atoms with Crippen molar-refractivity contribution in [1.82, 2.24) is 9.88 Å². The molecule has 4 rings (SSSR count). The van der Waals surface area contributed by atoms with Gasteiger partial charge in [-0.25, -0.2) is 4.98 Å². The predicted octanol–water partition coefficient (Wildman–Crippen LogP) is 3.37. The summed E-state index contributed by atoms with van der Waals surface area (Å²) in [4.78, 5) is 7.29. The van der Waals surface area contributed by atoms with Gasteiger partial charge < -0.3 is 5.73 Å². The summed E-state index contributed by atoms with van der Waals surface area (Å²) in [5.41, 5.74) is 9.42. The molecule has 1 aromatic heterocycles. The fraction of sp³-hybridized carbons (Fsp3) is 0.500. The highest BCUT2D eigenvalue weighted by molar-refractivity contribution is 6.32. The second-order valence-corrected chi connectivity index (χ2v) is 7.25. The fourth-order valence-electron chi connectivity index (χ4n) is 4.26. The van der Waals surface area contributed by atoms with Crippen molar-refractivity contribution in [2.75, 3.05) is 13.1 Å². The Morgan fingerprint density at radius 2 is 2.09 bits per heavy atom. The SMILES string of the molecule is Cc1c(Cl)c(CN2CC3CCC(N)C3C2)nc2ccccc12.